The quantitative estimate of drug-likeness (QED) is 0.419. The molecule has 0 saturated heterocycles. The Morgan fingerprint density at radius 2 is 2.43 bits per heavy atom. The molecule has 0 unspecified atom stereocenters. The number of halogens is 1. The summed E-state index contributed by atoms with van der Waals surface area (Å²) < 4.78 is 17.7. The van der Waals surface area contributed by atoms with Gasteiger partial charge in [0.2, 0.25) is 12.1 Å². The largest absolute Gasteiger partial charge is 0.495 e. The SMILES string of the molecule is COc1cnc(F)c(/C=C/[N+](=O)[O-])c1. The van der Waals surface area contributed by atoms with E-state index in [1.165, 1.54) is 19.4 Å². The molecule has 1 rings (SSSR count). The van der Waals surface area contributed by atoms with Gasteiger partial charge in [0.25, 0.3) is 0 Å². The van der Waals surface area contributed by atoms with Crippen molar-refractivity contribution < 1.29 is 14.1 Å². The molecule has 1 heterocycles. The normalized spacial score (nSPS) is 10.4. The lowest BCUT2D eigenvalue weighted by atomic mass is 10.2. The van der Waals surface area contributed by atoms with Crippen LogP contribution in [0.2, 0.25) is 0 Å². The second-order valence-corrected chi connectivity index (χ2v) is 2.36. The Bertz CT molecular complexity index is 379. The third-order valence-electron chi connectivity index (χ3n) is 1.45. The Morgan fingerprint density at radius 3 is 3.00 bits per heavy atom. The second kappa shape index (κ2) is 4.31. The average molecular weight is 198 g/mol. The summed E-state index contributed by atoms with van der Waals surface area (Å²) in [6, 6.07) is 1.32. The lowest BCUT2D eigenvalue weighted by molar-refractivity contribution is -0.400. The maximum atomic E-state index is 12.9. The summed E-state index contributed by atoms with van der Waals surface area (Å²) in [5.41, 5.74) is 0.0149. The molecule has 0 radical (unpaired) electrons. The summed E-state index contributed by atoms with van der Waals surface area (Å²) in [7, 11) is 1.40. The van der Waals surface area contributed by atoms with Gasteiger partial charge < -0.3 is 4.74 Å². The maximum absolute atomic E-state index is 12.9. The second-order valence-electron chi connectivity index (χ2n) is 2.36. The van der Waals surface area contributed by atoms with Crippen LogP contribution in [0.25, 0.3) is 6.08 Å². The summed E-state index contributed by atoms with van der Waals surface area (Å²) in [6.45, 7) is 0. The van der Waals surface area contributed by atoms with Crippen LogP contribution in [0.15, 0.2) is 18.5 Å². The topological polar surface area (TPSA) is 65.3 Å². The number of pyridine rings is 1. The number of aromatic nitrogens is 1. The Morgan fingerprint density at radius 1 is 1.71 bits per heavy atom. The molecule has 1 aromatic rings. The van der Waals surface area contributed by atoms with Gasteiger partial charge in [-0.1, -0.05) is 0 Å². The predicted octanol–water partition coefficient (Wildman–Crippen LogP) is 1.48. The average Bonchev–Trinajstić information content (AvgIpc) is 2.16. The van der Waals surface area contributed by atoms with Crippen molar-refractivity contribution >= 4 is 6.08 Å². The zero-order valence-corrected chi connectivity index (χ0v) is 7.31. The van der Waals surface area contributed by atoms with Gasteiger partial charge in [0, 0.05) is 11.6 Å². The van der Waals surface area contributed by atoms with Crippen molar-refractivity contribution in [2.24, 2.45) is 0 Å². The number of nitrogens with zero attached hydrogens (tertiary/aromatic N) is 2. The summed E-state index contributed by atoms with van der Waals surface area (Å²) >= 11 is 0. The summed E-state index contributed by atoms with van der Waals surface area (Å²) in [5, 5.41) is 9.98. The molecule has 0 aliphatic heterocycles. The highest BCUT2D eigenvalue weighted by molar-refractivity contribution is 5.49. The van der Waals surface area contributed by atoms with E-state index in [-0.39, 0.29) is 5.56 Å². The lowest BCUT2D eigenvalue weighted by Gasteiger charge is -1.99. The highest BCUT2D eigenvalue weighted by Crippen LogP contribution is 2.14. The molecule has 0 saturated carbocycles. The molecule has 1 aromatic heterocycles. The molecule has 74 valence electrons. The number of methoxy groups -OCH3 is 1. The van der Waals surface area contributed by atoms with E-state index < -0.39 is 10.9 Å². The first-order chi connectivity index (χ1) is 6.63. The van der Waals surface area contributed by atoms with Crippen molar-refractivity contribution in [1.29, 1.82) is 0 Å². The van der Waals surface area contributed by atoms with E-state index in [0.29, 0.717) is 11.9 Å². The van der Waals surface area contributed by atoms with Crippen LogP contribution in [0, 0.1) is 16.1 Å². The van der Waals surface area contributed by atoms with Crippen LogP contribution in [0.3, 0.4) is 0 Å². The van der Waals surface area contributed by atoms with Crippen LogP contribution in [0.1, 0.15) is 5.56 Å². The minimum absolute atomic E-state index is 0.0149. The van der Waals surface area contributed by atoms with Crippen LogP contribution in [0.4, 0.5) is 4.39 Å². The van der Waals surface area contributed by atoms with Gasteiger partial charge in [0.1, 0.15) is 5.75 Å². The highest BCUT2D eigenvalue weighted by atomic mass is 19.1. The number of nitro groups is 1. The van der Waals surface area contributed by atoms with Crippen LogP contribution in [-0.2, 0) is 0 Å². The molecule has 0 bridgehead atoms. The summed E-state index contributed by atoms with van der Waals surface area (Å²) in [5.74, 6) is -0.432. The van der Waals surface area contributed by atoms with E-state index in [2.05, 4.69) is 4.98 Å². The van der Waals surface area contributed by atoms with Gasteiger partial charge >= 0.3 is 0 Å². The Balaban J connectivity index is 3.00. The molecule has 0 N–H and O–H groups in total. The van der Waals surface area contributed by atoms with Gasteiger partial charge in [0.05, 0.1) is 18.2 Å². The highest BCUT2D eigenvalue weighted by Gasteiger charge is 2.03. The summed E-state index contributed by atoms with van der Waals surface area (Å²) in [6.07, 6.45) is 2.85. The fourth-order valence-corrected chi connectivity index (χ4v) is 0.815. The van der Waals surface area contributed by atoms with Gasteiger partial charge in [-0.2, -0.15) is 4.39 Å². The number of hydrogen-bond donors (Lipinski definition) is 0. The Labute approximate surface area is 79.0 Å². The van der Waals surface area contributed by atoms with Crippen molar-refractivity contribution in [2.75, 3.05) is 7.11 Å². The molecule has 0 amide bonds. The molecule has 0 spiro atoms. The standard InChI is InChI=1S/C8H7FN2O3/c1-14-7-4-6(2-3-11(12)13)8(9)10-5-7/h2-5H,1H3/b3-2+. The van der Waals surface area contributed by atoms with Crippen molar-refractivity contribution in [3.05, 3.63) is 40.1 Å². The van der Waals surface area contributed by atoms with E-state index in [9.17, 15) is 14.5 Å². The molecule has 5 nitrogen and oxygen atoms in total. The number of hydrogen-bond acceptors (Lipinski definition) is 4. The van der Waals surface area contributed by atoms with E-state index >= 15 is 0 Å². The van der Waals surface area contributed by atoms with Crippen LogP contribution < -0.4 is 4.74 Å². The number of ether oxygens (including phenoxy) is 1. The molecule has 0 aliphatic carbocycles. The Hall–Kier alpha value is -1.98. The van der Waals surface area contributed by atoms with E-state index in [4.69, 9.17) is 4.74 Å². The zero-order chi connectivity index (χ0) is 10.6. The first-order valence-corrected chi connectivity index (χ1v) is 3.64. The fourth-order valence-electron chi connectivity index (χ4n) is 0.815. The third-order valence-corrected chi connectivity index (χ3v) is 1.45. The van der Waals surface area contributed by atoms with Crippen molar-refractivity contribution in [3.8, 4) is 5.75 Å². The van der Waals surface area contributed by atoms with Crippen LogP contribution in [0.5, 0.6) is 5.75 Å². The Kier molecular flexibility index (Phi) is 3.11. The van der Waals surface area contributed by atoms with E-state index in [1.807, 2.05) is 0 Å². The van der Waals surface area contributed by atoms with Gasteiger partial charge in [-0.25, -0.2) is 4.98 Å². The molecule has 0 aromatic carbocycles. The molecule has 14 heavy (non-hydrogen) atoms. The zero-order valence-electron chi connectivity index (χ0n) is 7.31. The first kappa shape index (κ1) is 10.1. The van der Waals surface area contributed by atoms with Crippen molar-refractivity contribution in [3.63, 3.8) is 0 Å². The van der Waals surface area contributed by atoms with Gasteiger partial charge in [0.15, 0.2) is 0 Å². The maximum Gasteiger partial charge on any atom is 0.235 e. The fraction of sp³-hybridized carbons (Fsp3) is 0.125. The predicted molar refractivity (Wildman–Crippen MR) is 46.8 cm³/mol. The van der Waals surface area contributed by atoms with Crippen LogP contribution in [-0.4, -0.2) is 17.0 Å². The minimum Gasteiger partial charge on any atom is -0.495 e. The molecule has 0 aliphatic rings. The summed E-state index contributed by atoms with van der Waals surface area (Å²) in [4.78, 5) is 12.7. The van der Waals surface area contributed by atoms with Crippen molar-refractivity contribution in [1.82, 2.24) is 4.98 Å². The smallest absolute Gasteiger partial charge is 0.235 e. The molecule has 6 heteroatoms. The first-order valence-electron chi connectivity index (χ1n) is 3.64. The monoisotopic (exact) mass is 198 g/mol. The van der Waals surface area contributed by atoms with Crippen LogP contribution >= 0.6 is 0 Å². The molecule has 0 atom stereocenters. The van der Waals surface area contributed by atoms with Gasteiger partial charge in [-0.3, -0.25) is 10.1 Å². The third kappa shape index (κ3) is 2.51. The minimum atomic E-state index is -0.774. The lowest BCUT2D eigenvalue weighted by Crippen LogP contribution is -1.92. The molecule has 0 fully saturated rings. The molecular formula is C8H7FN2O3. The van der Waals surface area contributed by atoms with Gasteiger partial charge in [-0.05, 0) is 6.07 Å². The van der Waals surface area contributed by atoms with Gasteiger partial charge in [-0.15, -0.1) is 0 Å². The number of rotatable bonds is 3. The molecular weight excluding hydrogens is 191 g/mol. The van der Waals surface area contributed by atoms with Crippen molar-refractivity contribution in [2.45, 2.75) is 0 Å². The van der Waals surface area contributed by atoms with E-state index in [1.54, 1.807) is 0 Å². The van der Waals surface area contributed by atoms with E-state index in [0.717, 1.165) is 6.08 Å².